The Kier molecular flexibility index (Phi) is 4.45. The summed E-state index contributed by atoms with van der Waals surface area (Å²) in [4.78, 5) is 0.381. The third kappa shape index (κ3) is 3.26. The molecule has 0 amide bonds. The highest BCUT2D eigenvalue weighted by atomic mass is 35.5. The molecule has 0 fully saturated rings. The lowest BCUT2D eigenvalue weighted by molar-refractivity contribution is 0.615. The number of anilines is 1. The topological polar surface area (TPSA) is 43.1 Å². The van der Waals surface area contributed by atoms with E-state index in [1.807, 2.05) is 0 Å². The maximum Gasteiger partial charge on any atom is 0.128 e. The fraction of sp³-hybridized carbons (Fsp3) is 0.0769. The van der Waals surface area contributed by atoms with Gasteiger partial charge in [-0.2, -0.15) is 0 Å². The van der Waals surface area contributed by atoms with Crippen LogP contribution in [0.5, 0.6) is 0 Å². The lowest BCUT2D eigenvalue weighted by Gasteiger charge is -2.08. The highest BCUT2D eigenvalue weighted by molar-refractivity contribution is 7.84. The van der Waals surface area contributed by atoms with Crippen molar-refractivity contribution >= 4 is 39.7 Å². The first-order valence-electron chi connectivity index (χ1n) is 5.35. The van der Waals surface area contributed by atoms with Crippen LogP contribution in [0.4, 0.5) is 10.1 Å². The summed E-state index contributed by atoms with van der Waals surface area (Å²) in [6, 6.07) is 9.02. The van der Waals surface area contributed by atoms with Gasteiger partial charge in [0.2, 0.25) is 0 Å². The molecule has 2 N–H and O–H groups in total. The van der Waals surface area contributed by atoms with Crippen LogP contribution in [-0.4, -0.2) is 4.21 Å². The minimum absolute atomic E-state index is 0.0456. The summed E-state index contributed by atoms with van der Waals surface area (Å²) in [6.07, 6.45) is 0. The van der Waals surface area contributed by atoms with Gasteiger partial charge in [0, 0.05) is 21.3 Å². The first-order valence-corrected chi connectivity index (χ1v) is 7.43. The smallest absolute Gasteiger partial charge is 0.128 e. The summed E-state index contributed by atoms with van der Waals surface area (Å²) >= 11 is 11.7. The second kappa shape index (κ2) is 5.90. The zero-order valence-electron chi connectivity index (χ0n) is 9.70. The molecule has 1 atom stereocenters. The summed E-state index contributed by atoms with van der Waals surface area (Å²) in [6.45, 7) is 0. The molecule has 100 valence electrons. The Morgan fingerprint density at radius 1 is 1.21 bits per heavy atom. The van der Waals surface area contributed by atoms with E-state index in [9.17, 15) is 8.60 Å². The van der Waals surface area contributed by atoms with Gasteiger partial charge in [0.15, 0.2) is 0 Å². The van der Waals surface area contributed by atoms with Crippen molar-refractivity contribution in [2.45, 2.75) is 10.6 Å². The third-order valence-electron chi connectivity index (χ3n) is 2.56. The average molecular weight is 318 g/mol. The first-order chi connectivity index (χ1) is 8.99. The number of nitrogen functional groups attached to an aromatic ring is 1. The van der Waals surface area contributed by atoms with Crippen LogP contribution in [0.25, 0.3) is 0 Å². The van der Waals surface area contributed by atoms with Gasteiger partial charge >= 0.3 is 0 Å². The van der Waals surface area contributed by atoms with Crippen LogP contribution < -0.4 is 5.73 Å². The fourth-order valence-corrected chi connectivity index (χ4v) is 3.43. The molecule has 0 aliphatic carbocycles. The second-order valence-electron chi connectivity index (χ2n) is 3.87. The van der Waals surface area contributed by atoms with Crippen LogP contribution >= 0.6 is 23.2 Å². The largest absolute Gasteiger partial charge is 0.398 e. The molecule has 6 heteroatoms. The number of rotatable bonds is 3. The zero-order valence-corrected chi connectivity index (χ0v) is 12.0. The number of halogens is 3. The fourth-order valence-electron chi connectivity index (χ4n) is 1.58. The van der Waals surface area contributed by atoms with Crippen LogP contribution in [0.15, 0.2) is 41.3 Å². The van der Waals surface area contributed by atoms with Crippen molar-refractivity contribution in [3.05, 3.63) is 57.8 Å². The predicted octanol–water partition coefficient (Wildman–Crippen LogP) is 4.02. The molecule has 0 radical (unpaired) electrons. The SMILES string of the molecule is Nc1ccc(Cl)cc1S(=O)Cc1c(F)cccc1Cl. The standard InChI is InChI=1S/C13H10Cl2FNOS/c14-8-4-5-12(17)13(6-8)19(18)7-9-10(15)2-1-3-11(9)16/h1-6H,7,17H2. The molecular formula is C13H10Cl2FNOS. The van der Waals surface area contributed by atoms with Crippen molar-refractivity contribution in [2.24, 2.45) is 0 Å². The summed E-state index contributed by atoms with van der Waals surface area (Å²) in [5.74, 6) is -0.530. The van der Waals surface area contributed by atoms with Gasteiger partial charge in [0.25, 0.3) is 0 Å². The Bertz CT molecular complexity index is 628. The van der Waals surface area contributed by atoms with Crippen molar-refractivity contribution in [1.29, 1.82) is 0 Å². The van der Waals surface area contributed by atoms with Crippen LogP contribution in [-0.2, 0) is 16.6 Å². The molecule has 19 heavy (non-hydrogen) atoms. The van der Waals surface area contributed by atoms with Crippen LogP contribution in [0.3, 0.4) is 0 Å². The van der Waals surface area contributed by atoms with Gasteiger partial charge in [-0.25, -0.2) is 4.39 Å². The molecule has 2 rings (SSSR count). The van der Waals surface area contributed by atoms with Gasteiger partial charge in [-0.1, -0.05) is 29.3 Å². The lowest BCUT2D eigenvalue weighted by atomic mass is 10.2. The Morgan fingerprint density at radius 3 is 2.63 bits per heavy atom. The van der Waals surface area contributed by atoms with Gasteiger partial charge in [-0.3, -0.25) is 4.21 Å². The molecule has 0 bridgehead atoms. The quantitative estimate of drug-likeness (QED) is 0.869. The van der Waals surface area contributed by atoms with E-state index in [4.69, 9.17) is 28.9 Å². The van der Waals surface area contributed by atoms with Gasteiger partial charge in [0.1, 0.15) is 5.82 Å². The van der Waals surface area contributed by atoms with Crippen molar-refractivity contribution in [3.63, 3.8) is 0 Å². The first kappa shape index (κ1) is 14.3. The van der Waals surface area contributed by atoms with E-state index in [1.54, 1.807) is 18.2 Å². The van der Waals surface area contributed by atoms with E-state index in [0.717, 1.165) is 0 Å². The molecule has 2 nitrogen and oxygen atoms in total. The number of hydrogen-bond acceptors (Lipinski definition) is 2. The molecular weight excluding hydrogens is 308 g/mol. The Labute approximate surface area is 122 Å². The maximum atomic E-state index is 13.6. The predicted molar refractivity (Wildman–Crippen MR) is 77.4 cm³/mol. The summed E-state index contributed by atoms with van der Waals surface area (Å²) < 4.78 is 25.9. The highest BCUT2D eigenvalue weighted by Crippen LogP contribution is 2.26. The second-order valence-corrected chi connectivity index (χ2v) is 6.14. The maximum absolute atomic E-state index is 13.6. The number of hydrogen-bond donors (Lipinski definition) is 1. The van der Waals surface area contributed by atoms with E-state index in [1.165, 1.54) is 18.2 Å². The van der Waals surface area contributed by atoms with Gasteiger partial charge in [-0.15, -0.1) is 0 Å². The number of benzene rings is 2. The molecule has 0 aliphatic heterocycles. The van der Waals surface area contributed by atoms with Crippen LogP contribution in [0.2, 0.25) is 10.0 Å². The molecule has 0 spiro atoms. The molecule has 2 aromatic rings. The van der Waals surface area contributed by atoms with Crippen molar-refractivity contribution in [3.8, 4) is 0 Å². The zero-order chi connectivity index (χ0) is 14.0. The van der Waals surface area contributed by atoms with Gasteiger partial charge in [0.05, 0.1) is 21.4 Å². The van der Waals surface area contributed by atoms with E-state index in [0.29, 0.717) is 15.6 Å². The summed E-state index contributed by atoms with van der Waals surface area (Å²) in [7, 11) is -1.51. The van der Waals surface area contributed by atoms with Crippen LogP contribution in [0.1, 0.15) is 5.56 Å². The number of nitrogens with two attached hydrogens (primary N) is 1. The Balaban J connectivity index is 2.34. The molecule has 0 heterocycles. The highest BCUT2D eigenvalue weighted by Gasteiger charge is 2.14. The van der Waals surface area contributed by atoms with E-state index in [-0.39, 0.29) is 16.3 Å². The van der Waals surface area contributed by atoms with E-state index >= 15 is 0 Å². The lowest BCUT2D eigenvalue weighted by Crippen LogP contribution is -2.03. The third-order valence-corrected chi connectivity index (χ3v) is 4.54. The average Bonchev–Trinajstić information content (AvgIpc) is 2.37. The van der Waals surface area contributed by atoms with Gasteiger partial charge < -0.3 is 5.73 Å². The van der Waals surface area contributed by atoms with E-state index < -0.39 is 16.6 Å². The Hall–Kier alpha value is -1.10. The monoisotopic (exact) mass is 317 g/mol. The molecule has 0 saturated heterocycles. The minimum Gasteiger partial charge on any atom is -0.398 e. The molecule has 0 aliphatic rings. The Morgan fingerprint density at radius 2 is 1.95 bits per heavy atom. The molecule has 2 aromatic carbocycles. The minimum atomic E-state index is -1.51. The molecule has 0 saturated carbocycles. The van der Waals surface area contributed by atoms with E-state index in [2.05, 4.69) is 0 Å². The molecule has 0 aromatic heterocycles. The summed E-state index contributed by atoms with van der Waals surface area (Å²) in [5, 5.41) is 0.672. The normalized spacial score (nSPS) is 12.4. The molecule has 1 unspecified atom stereocenters. The van der Waals surface area contributed by atoms with Crippen LogP contribution in [0, 0.1) is 5.82 Å². The van der Waals surface area contributed by atoms with Crippen molar-refractivity contribution in [2.75, 3.05) is 5.73 Å². The van der Waals surface area contributed by atoms with Gasteiger partial charge in [-0.05, 0) is 30.3 Å². The van der Waals surface area contributed by atoms with Crippen molar-refractivity contribution in [1.82, 2.24) is 0 Å². The van der Waals surface area contributed by atoms with Crippen molar-refractivity contribution < 1.29 is 8.60 Å². The summed E-state index contributed by atoms with van der Waals surface area (Å²) in [5.41, 5.74) is 6.31.